The molecule has 5 nitrogen and oxygen atoms in total. The van der Waals surface area contributed by atoms with Gasteiger partial charge in [-0.25, -0.2) is 9.37 Å². The van der Waals surface area contributed by atoms with Crippen LogP contribution in [-0.4, -0.2) is 40.0 Å². The fourth-order valence-corrected chi connectivity index (χ4v) is 5.21. The van der Waals surface area contributed by atoms with Crippen LogP contribution < -0.4 is 10.9 Å². The minimum absolute atomic E-state index is 0.0450. The molecule has 7 heteroatoms. The fourth-order valence-electron chi connectivity index (χ4n) is 4.46. The molecule has 3 aromatic rings. The lowest BCUT2D eigenvalue weighted by atomic mass is 9.89. The van der Waals surface area contributed by atoms with Crippen LogP contribution in [0, 0.1) is 12.7 Å². The molecule has 2 unspecified atom stereocenters. The summed E-state index contributed by atoms with van der Waals surface area (Å²) in [6.45, 7) is 4.62. The highest BCUT2D eigenvalue weighted by Gasteiger charge is 2.36. The number of hydrogen-bond acceptors (Lipinski definition) is 5. The summed E-state index contributed by atoms with van der Waals surface area (Å²) in [7, 11) is 0. The number of rotatable bonds is 3. The van der Waals surface area contributed by atoms with E-state index in [1.54, 1.807) is 16.7 Å². The van der Waals surface area contributed by atoms with Crippen molar-refractivity contribution in [2.24, 2.45) is 0 Å². The van der Waals surface area contributed by atoms with E-state index in [2.05, 4.69) is 15.2 Å². The lowest BCUT2D eigenvalue weighted by Gasteiger charge is -2.35. The number of piperidine rings is 1. The zero-order valence-electron chi connectivity index (χ0n) is 15.1. The first kappa shape index (κ1) is 16.9. The number of likely N-dealkylation sites (tertiary alicyclic amines) is 1. The maximum atomic E-state index is 13.7. The molecule has 2 atom stereocenters. The first-order valence-corrected chi connectivity index (χ1v) is 10.2. The second kappa shape index (κ2) is 6.42. The second-order valence-corrected chi connectivity index (χ2v) is 8.34. The number of halogens is 1. The van der Waals surface area contributed by atoms with Crippen molar-refractivity contribution in [3.8, 4) is 0 Å². The first-order chi connectivity index (χ1) is 13.1. The van der Waals surface area contributed by atoms with Crippen LogP contribution in [-0.2, 0) is 6.42 Å². The Morgan fingerprint density at radius 1 is 1.41 bits per heavy atom. The van der Waals surface area contributed by atoms with Crippen LogP contribution >= 0.6 is 11.3 Å². The quantitative estimate of drug-likeness (QED) is 0.754. The van der Waals surface area contributed by atoms with Gasteiger partial charge in [-0.2, -0.15) is 0 Å². The summed E-state index contributed by atoms with van der Waals surface area (Å²) in [4.78, 5) is 20.4. The Bertz CT molecular complexity index is 1080. The van der Waals surface area contributed by atoms with Crippen LogP contribution in [0.2, 0.25) is 0 Å². The van der Waals surface area contributed by atoms with Crippen molar-refractivity contribution in [2.75, 3.05) is 25.0 Å². The Kier molecular flexibility index (Phi) is 4.02. The highest BCUT2D eigenvalue weighted by atomic mass is 32.1. The molecular weight excluding hydrogens is 363 g/mol. The number of aromatic nitrogens is 2. The highest BCUT2D eigenvalue weighted by molar-refractivity contribution is 7.15. The average Bonchev–Trinajstić information content (AvgIpc) is 3.25. The fraction of sp³-hybridized carbons (Fsp3) is 0.400. The van der Waals surface area contributed by atoms with E-state index in [0.717, 1.165) is 53.5 Å². The van der Waals surface area contributed by atoms with Crippen molar-refractivity contribution < 1.29 is 4.39 Å². The molecule has 0 aliphatic carbocycles. The third-order valence-corrected chi connectivity index (χ3v) is 6.65. The monoisotopic (exact) mass is 384 g/mol. The van der Waals surface area contributed by atoms with Crippen molar-refractivity contribution in [1.29, 1.82) is 0 Å². The number of nitrogens with one attached hydrogen (secondary N) is 1. The van der Waals surface area contributed by atoms with Crippen molar-refractivity contribution in [1.82, 2.24) is 14.3 Å². The number of nitrogens with zero attached hydrogens (tertiary/aromatic N) is 3. The summed E-state index contributed by atoms with van der Waals surface area (Å²) < 4.78 is 15.3. The van der Waals surface area contributed by atoms with Crippen molar-refractivity contribution in [3.63, 3.8) is 0 Å². The lowest BCUT2D eigenvalue weighted by Crippen LogP contribution is -2.43. The predicted molar refractivity (Wildman–Crippen MR) is 105 cm³/mol. The molecule has 2 aliphatic heterocycles. The molecule has 0 saturated carbocycles. The Morgan fingerprint density at radius 3 is 3.19 bits per heavy atom. The molecule has 0 bridgehead atoms. The van der Waals surface area contributed by atoms with Gasteiger partial charge in [-0.1, -0.05) is 0 Å². The van der Waals surface area contributed by atoms with Gasteiger partial charge in [-0.3, -0.25) is 9.20 Å². The second-order valence-electron chi connectivity index (χ2n) is 7.46. The summed E-state index contributed by atoms with van der Waals surface area (Å²) in [5.41, 5.74) is 3.82. The lowest BCUT2D eigenvalue weighted by molar-refractivity contribution is 0.204. The van der Waals surface area contributed by atoms with E-state index >= 15 is 0 Å². The van der Waals surface area contributed by atoms with Gasteiger partial charge in [-0.15, -0.1) is 11.3 Å². The molecule has 0 radical (unpaired) electrons. The van der Waals surface area contributed by atoms with Crippen molar-refractivity contribution >= 4 is 22.0 Å². The van der Waals surface area contributed by atoms with Crippen LogP contribution in [0.1, 0.15) is 29.2 Å². The third kappa shape index (κ3) is 2.85. The van der Waals surface area contributed by atoms with Gasteiger partial charge in [0.15, 0.2) is 4.96 Å². The molecule has 1 N–H and O–H groups in total. The molecule has 1 aromatic carbocycles. The largest absolute Gasteiger partial charge is 0.381 e. The number of benzene rings is 1. The molecule has 140 valence electrons. The zero-order chi connectivity index (χ0) is 18.5. The van der Waals surface area contributed by atoms with Gasteiger partial charge in [0, 0.05) is 60.1 Å². The molecule has 2 aromatic heterocycles. The maximum Gasteiger partial charge on any atom is 0.261 e. The number of anilines is 1. The van der Waals surface area contributed by atoms with Gasteiger partial charge < -0.3 is 10.2 Å². The van der Waals surface area contributed by atoms with Gasteiger partial charge in [0.25, 0.3) is 5.56 Å². The molecule has 5 rings (SSSR count). The van der Waals surface area contributed by atoms with Gasteiger partial charge in [0.05, 0.1) is 0 Å². The number of fused-ring (bicyclic) bond motifs is 4. The summed E-state index contributed by atoms with van der Waals surface area (Å²) in [6, 6.07) is 5.42. The number of thiazole rings is 1. The standard InChI is InChI=1S/C20H21FN4OS/c1-12-14(19(26)25-8-9-27-20(25)22-12)4-6-24-7-5-18-16(11-24)15-10-13(21)2-3-17(15)23-18/h2-3,8-10,16,18,23H,4-7,11H2,1H3. The molecule has 27 heavy (non-hydrogen) atoms. The molecule has 1 fully saturated rings. The van der Waals surface area contributed by atoms with Gasteiger partial charge in [-0.05, 0) is 43.5 Å². The van der Waals surface area contributed by atoms with E-state index in [4.69, 9.17) is 0 Å². The van der Waals surface area contributed by atoms with Crippen molar-refractivity contribution in [3.05, 3.63) is 62.8 Å². The van der Waals surface area contributed by atoms with Crippen LogP contribution in [0.25, 0.3) is 4.96 Å². The van der Waals surface area contributed by atoms with Gasteiger partial charge in [0.2, 0.25) is 0 Å². The molecule has 2 aliphatic rings. The van der Waals surface area contributed by atoms with Crippen LogP contribution in [0.15, 0.2) is 34.6 Å². The maximum absolute atomic E-state index is 13.7. The van der Waals surface area contributed by atoms with E-state index in [1.807, 2.05) is 18.4 Å². The first-order valence-electron chi connectivity index (χ1n) is 9.34. The van der Waals surface area contributed by atoms with E-state index in [0.29, 0.717) is 18.4 Å². The number of aryl methyl sites for hydroxylation is 1. The Hall–Kier alpha value is -2.25. The highest BCUT2D eigenvalue weighted by Crippen LogP contribution is 2.40. The molecular formula is C20H21FN4OS. The Morgan fingerprint density at radius 2 is 2.30 bits per heavy atom. The third-order valence-electron chi connectivity index (χ3n) is 5.90. The van der Waals surface area contributed by atoms with E-state index in [-0.39, 0.29) is 11.4 Å². The normalized spacial score (nSPS) is 21.9. The molecule has 4 heterocycles. The minimum Gasteiger partial charge on any atom is -0.381 e. The Balaban J connectivity index is 1.34. The van der Waals surface area contributed by atoms with Crippen molar-refractivity contribution in [2.45, 2.75) is 31.7 Å². The average molecular weight is 384 g/mol. The number of hydrogen-bond donors (Lipinski definition) is 1. The smallest absolute Gasteiger partial charge is 0.261 e. The minimum atomic E-state index is -0.174. The van der Waals surface area contributed by atoms with Crippen LogP contribution in [0.4, 0.5) is 10.1 Å². The van der Waals surface area contributed by atoms with Gasteiger partial charge in [0.1, 0.15) is 5.82 Å². The predicted octanol–water partition coefficient (Wildman–Crippen LogP) is 3.03. The van der Waals surface area contributed by atoms with E-state index in [1.165, 1.54) is 17.4 Å². The van der Waals surface area contributed by atoms with Crippen LogP contribution in [0.5, 0.6) is 0 Å². The molecule has 1 saturated heterocycles. The zero-order valence-corrected chi connectivity index (χ0v) is 15.9. The van der Waals surface area contributed by atoms with E-state index in [9.17, 15) is 9.18 Å². The summed E-state index contributed by atoms with van der Waals surface area (Å²) in [5.74, 6) is 0.135. The van der Waals surface area contributed by atoms with Crippen LogP contribution in [0.3, 0.4) is 0 Å². The SMILES string of the molecule is Cc1nc2sccn2c(=O)c1CCN1CCC2Nc3ccc(F)cc3C2C1. The summed E-state index contributed by atoms with van der Waals surface area (Å²) >= 11 is 1.48. The molecule has 0 spiro atoms. The summed E-state index contributed by atoms with van der Waals surface area (Å²) in [6.07, 6.45) is 3.51. The topological polar surface area (TPSA) is 49.6 Å². The molecule has 0 amide bonds. The van der Waals surface area contributed by atoms with Gasteiger partial charge >= 0.3 is 0 Å². The summed E-state index contributed by atoms with van der Waals surface area (Å²) in [5, 5.41) is 5.43. The Labute approximate surface area is 160 Å². The van der Waals surface area contributed by atoms with E-state index < -0.39 is 0 Å².